The number of amides is 5. The Labute approximate surface area is 199 Å². The number of hydrogen-bond acceptors (Lipinski definition) is 6. The molecule has 1 saturated carbocycles. The first-order chi connectivity index (χ1) is 16.4. The van der Waals surface area contributed by atoms with Gasteiger partial charge in [-0.2, -0.15) is 0 Å². The molecule has 34 heavy (non-hydrogen) atoms. The average Bonchev–Trinajstić information content (AvgIpc) is 3.40. The van der Waals surface area contributed by atoms with Gasteiger partial charge in [0.05, 0.1) is 19.8 Å². The molecule has 4 rings (SSSR count). The van der Waals surface area contributed by atoms with E-state index in [2.05, 4.69) is 15.5 Å². The van der Waals surface area contributed by atoms with Gasteiger partial charge in [0.1, 0.15) is 5.54 Å². The molecule has 10 heteroatoms. The van der Waals surface area contributed by atoms with E-state index in [0.717, 1.165) is 31.6 Å². The van der Waals surface area contributed by atoms with Gasteiger partial charge in [0.15, 0.2) is 0 Å². The molecule has 2 N–H and O–H groups in total. The first-order valence-corrected chi connectivity index (χ1v) is 12.0. The second-order valence-electron chi connectivity index (χ2n) is 9.22. The van der Waals surface area contributed by atoms with Crippen LogP contribution in [-0.4, -0.2) is 85.5 Å². The zero-order chi connectivity index (χ0) is 24.1. The number of likely N-dealkylation sites (N-methyl/N-ethyl adjacent to an activating group) is 1. The van der Waals surface area contributed by atoms with Crippen molar-refractivity contribution >= 4 is 35.1 Å². The second-order valence-corrected chi connectivity index (χ2v) is 9.22. The second kappa shape index (κ2) is 10.4. The lowest BCUT2D eigenvalue weighted by Crippen LogP contribution is -2.44. The molecule has 184 valence electrons. The first-order valence-electron chi connectivity index (χ1n) is 12.0. The summed E-state index contributed by atoms with van der Waals surface area (Å²) < 4.78 is 5.37. The van der Waals surface area contributed by atoms with Gasteiger partial charge in [-0.15, -0.1) is 0 Å². The minimum Gasteiger partial charge on any atom is -0.378 e. The predicted octanol–water partition coefficient (Wildman–Crippen LogP) is 1.56. The third kappa shape index (κ3) is 5.32. The molecule has 0 aromatic heterocycles. The summed E-state index contributed by atoms with van der Waals surface area (Å²) in [7, 11) is 1.57. The fourth-order valence-corrected chi connectivity index (χ4v) is 4.86. The molecule has 10 nitrogen and oxygen atoms in total. The Balaban J connectivity index is 1.18. The Morgan fingerprint density at radius 2 is 1.79 bits per heavy atom. The number of urea groups is 1. The minimum absolute atomic E-state index is 0.0731. The topological polar surface area (TPSA) is 111 Å². The van der Waals surface area contributed by atoms with Crippen molar-refractivity contribution in [1.29, 1.82) is 0 Å². The summed E-state index contributed by atoms with van der Waals surface area (Å²) in [5.74, 6) is -0.664. The number of ether oxygens (including phenoxy) is 1. The molecule has 2 heterocycles. The van der Waals surface area contributed by atoms with E-state index in [1.165, 1.54) is 9.80 Å². The molecule has 1 aliphatic carbocycles. The van der Waals surface area contributed by atoms with E-state index in [9.17, 15) is 19.2 Å². The van der Waals surface area contributed by atoms with Crippen LogP contribution in [0.15, 0.2) is 24.3 Å². The van der Waals surface area contributed by atoms with Crippen molar-refractivity contribution < 1.29 is 23.9 Å². The predicted molar refractivity (Wildman–Crippen MR) is 126 cm³/mol. The molecule has 1 spiro atoms. The minimum atomic E-state index is -0.726. The van der Waals surface area contributed by atoms with Crippen molar-refractivity contribution in [2.45, 2.75) is 44.1 Å². The summed E-state index contributed by atoms with van der Waals surface area (Å²) >= 11 is 0. The fraction of sp³-hybridized carbons (Fsp3) is 0.583. The average molecular weight is 472 g/mol. The van der Waals surface area contributed by atoms with E-state index in [0.29, 0.717) is 38.2 Å². The summed E-state index contributed by atoms with van der Waals surface area (Å²) in [6, 6.07) is 7.24. The number of carbonyl (C=O) groups excluding carboxylic acids is 4. The number of anilines is 2. The number of hydrogen-bond donors (Lipinski definition) is 2. The Hall–Kier alpha value is -3.14. The maximum Gasteiger partial charge on any atom is 0.325 e. The molecule has 0 atom stereocenters. The normalized spacial score (nSPS) is 19.4. The maximum absolute atomic E-state index is 12.7. The van der Waals surface area contributed by atoms with E-state index in [4.69, 9.17) is 4.74 Å². The SMILES string of the molecule is CN(CC(=O)Nc1ccc(N2CCOCC2)cc1)C(=O)CCCN1C(=O)NC2(CCCC2)C1=O. The van der Waals surface area contributed by atoms with Crippen molar-refractivity contribution in [3.8, 4) is 0 Å². The molecule has 0 bridgehead atoms. The summed E-state index contributed by atoms with van der Waals surface area (Å²) in [6.07, 6.45) is 3.75. The highest BCUT2D eigenvalue weighted by Gasteiger charge is 2.52. The number of nitrogens with one attached hydrogen (secondary N) is 2. The van der Waals surface area contributed by atoms with Crippen LogP contribution in [-0.2, 0) is 19.1 Å². The molecule has 2 aliphatic heterocycles. The molecular weight excluding hydrogens is 438 g/mol. The Bertz CT molecular complexity index is 922. The van der Waals surface area contributed by atoms with Gasteiger partial charge >= 0.3 is 6.03 Å². The number of imide groups is 1. The molecule has 3 fully saturated rings. The van der Waals surface area contributed by atoms with E-state index in [-0.39, 0.29) is 43.3 Å². The van der Waals surface area contributed by atoms with Gasteiger partial charge in [0.25, 0.3) is 5.91 Å². The van der Waals surface area contributed by atoms with Crippen LogP contribution in [0.5, 0.6) is 0 Å². The lowest BCUT2D eigenvalue weighted by molar-refractivity contribution is -0.134. The highest BCUT2D eigenvalue weighted by atomic mass is 16.5. The highest BCUT2D eigenvalue weighted by molar-refractivity contribution is 6.07. The monoisotopic (exact) mass is 471 g/mol. The summed E-state index contributed by atoms with van der Waals surface area (Å²) in [6.45, 7) is 3.23. The number of rotatable bonds is 8. The molecule has 0 radical (unpaired) electrons. The standard InChI is InChI=1S/C24H33N5O5/c1-27(17-20(30)25-18-6-8-19(9-7-18)28-13-15-34-16-14-28)21(31)5-4-12-29-22(32)24(26-23(29)33)10-2-3-11-24/h6-9H,2-5,10-17H2,1H3,(H,25,30)(H,26,33). The van der Waals surface area contributed by atoms with E-state index in [1.807, 2.05) is 24.3 Å². The van der Waals surface area contributed by atoms with Crippen molar-refractivity contribution in [3.05, 3.63) is 24.3 Å². The van der Waals surface area contributed by atoms with Crippen molar-refractivity contribution in [3.63, 3.8) is 0 Å². The van der Waals surface area contributed by atoms with Crippen molar-refractivity contribution in [2.24, 2.45) is 0 Å². The van der Waals surface area contributed by atoms with Crippen LogP contribution in [0.25, 0.3) is 0 Å². The van der Waals surface area contributed by atoms with Crippen LogP contribution in [0.3, 0.4) is 0 Å². The van der Waals surface area contributed by atoms with Gasteiger partial charge < -0.3 is 25.2 Å². The zero-order valence-electron chi connectivity index (χ0n) is 19.7. The van der Waals surface area contributed by atoms with Gasteiger partial charge in [-0.05, 0) is 43.5 Å². The van der Waals surface area contributed by atoms with E-state index in [1.54, 1.807) is 7.05 Å². The molecule has 1 aromatic carbocycles. The van der Waals surface area contributed by atoms with Crippen LogP contribution >= 0.6 is 0 Å². The Morgan fingerprint density at radius 1 is 1.12 bits per heavy atom. The van der Waals surface area contributed by atoms with Gasteiger partial charge in [0, 0.05) is 44.5 Å². The van der Waals surface area contributed by atoms with Crippen LogP contribution < -0.4 is 15.5 Å². The lowest BCUT2D eigenvalue weighted by Gasteiger charge is -2.28. The smallest absolute Gasteiger partial charge is 0.325 e. The number of morpholine rings is 1. The quantitative estimate of drug-likeness (QED) is 0.557. The third-order valence-corrected chi connectivity index (χ3v) is 6.81. The van der Waals surface area contributed by atoms with Crippen molar-refractivity contribution in [2.75, 3.05) is 56.7 Å². The molecule has 5 amide bonds. The number of nitrogens with zero attached hydrogens (tertiary/aromatic N) is 3. The molecule has 1 aromatic rings. The highest BCUT2D eigenvalue weighted by Crippen LogP contribution is 2.35. The van der Waals surface area contributed by atoms with Crippen molar-refractivity contribution in [1.82, 2.24) is 15.1 Å². The van der Waals surface area contributed by atoms with Gasteiger partial charge in [-0.25, -0.2) is 4.79 Å². The van der Waals surface area contributed by atoms with Crippen LogP contribution in [0.2, 0.25) is 0 Å². The first kappa shape index (κ1) is 24.0. The molecular formula is C24H33N5O5. The summed E-state index contributed by atoms with van der Waals surface area (Å²) in [4.78, 5) is 54.6. The van der Waals surface area contributed by atoms with Crippen LogP contribution in [0, 0.1) is 0 Å². The van der Waals surface area contributed by atoms with Crippen LogP contribution in [0.4, 0.5) is 16.2 Å². The molecule has 3 aliphatic rings. The number of benzene rings is 1. The summed E-state index contributed by atoms with van der Waals surface area (Å²) in [5, 5.41) is 5.66. The van der Waals surface area contributed by atoms with Gasteiger partial charge in [0.2, 0.25) is 11.8 Å². The molecule has 0 unspecified atom stereocenters. The third-order valence-electron chi connectivity index (χ3n) is 6.81. The lowest BCUT2D eigenvalue weighted by atomic mass is 9.98. The molecule has 2 saturated heterocycles. The van der Waals surface area contributed by atoms with E-state index >= 15 is 0 Å². The van der Waals surface area contributed by atoms with Gasteiger partial charge in [-0.1, -0.05) is 12.8 Å². The fourth-order valence-electron chi connectivity index (χ4n) is 4.86. The van der Waals surface area contributed by atoms with Crippen LogP contribution in [0.1, 0.15) is 38.5 Å². The summed E-state index contributed by atoms with van der Waals surface area (Å²) in [5.41, 5.74) is 1.02. The Morgan fingerprint density at radius 3 is 2.47 bits per heavy atom. The van der Waals surface area contributed by atoms with Gasteiger partial charge in [-0.3, -0.25) is 19.3 Å². The Kier molecular flexibility index (Phi) is 7.35. The number of carbonyl (C=O) groups is 4. The zero-order valence-corrected chi connectivity index (χ0v) is 19.7. The van der Waals surface area contributed by atoms with E-state index < -0.39 is 5.54 Å². The largest absolute Gasteiger partial charge is 0.378 e. The maximum atomic E-state index is 12.7.